The Balaban J connectivity index is 1.43. The molecule has 1 saturated heterocycles. The summed E-state index contributed by atoms with van der Waals surface area (Å²) in [6, 6.07) is 16.8. The molecule has 3 aromatic rings. The van der Waals surface area contributed by atoms with E-state index in [-0.39, 0.29) is 11.5 Å². The van der Waals surface area contributed by atoms with E-state index in [1.807, 2.05) is 42.5 Å². The molecule has 0 saturated carbocycles. The summed E-state index contributed by atoms with van der Waals surface area (Å²) in [4.78, 5) is 8.91. The van der Waals surface area contributed by atoms with Crippen LogP contribution in [0.2, 0.25) is 0 Å². The number of aromatic hydroxyl groups is 1. The summed E-state index contributed by atoms with van der Waals surface area (Å²) in [7, 11) is -3.26. The number of phenolic OH excluding ortho intramolecular Hbond substituents is 1. The van der Waals surface area contributed by atoms with Crippen molar-refractivity contribution in [2.75, 3.05) is 37.2 Å². The molecule has 0 aliphatic carbocycles. The van der Waals surface area contributed by atoms with Gasteiger partial charge in [0.05, 0.1) is 11.4 Å². The summed E-state index contributed by atoms with van der Waals surface area (Å²) < 4.78 is 26.5. The zero-order valence-corrected chi connectivity index (χ0v) is 18.6. The SMILES string of the molecule is O=S1(=O)CCNCCN1Cc1cccc(-c2ccnc(NCCc3ccc(O)cc3)n2)c1. The Morgan fingerprint density at radius 1 is 1.06 bits per heavy atom. The Kier molecular flexibility index (Phi) is 6.99. The second-order valence-electron chi connectivity index (χ2n) is 7.71. The number of nitrogens with zero attached hydrogens (tertiary/aromatic N) is 3. The van der Waals surface area contributed by atoms with Gasteiger partial charge in [-0.05, 0) is 41.8 Å². The smallest absolute Gasteiger partial charge is 0.223 e. The Morgan fingerprint density at radius 3 is 2.75 bits per heavy atom. The van der Waals surface area contributed by atoms with Crippen molar-refractivity contribution in [1.29, 1.82) is 0 Å². The average molecular weight is 454 g/mol. The standard InChI is InChI=1S/C23H27N5O3S/c29-21-6-4-18(5-7-21)8-10-25-23-26-11-9-22(27-23)20-3-1-2-19(16-20)17-28-14-12-24-13-15-32(28,30)31/h1-7,9,11,16,24,29H,8,10,12-15,17H2,(H,25,26,27). The molecule has 0 spiro atoms. The van der Waals surface area contributed by atoms with Crippen molar-refractivity contribution in [2.24, 2.45) is 0 Å². The highest BCUT2D eigenvalue weighted by atomic mass is 32.2. The van der Waals surface area contributed by atoms with Gasteiger partial charge in [0.25, 0.3) is 0 Å². The number of sulfonamides is 1. The largest absolute Gasteiger partial charge is 0.508 e. The molecule has 0 amide bonds. The topological polar surface area (TPSA) is 107 Å². The summed E-state index contributed by atoms with van der Waals surface area (Å²) >= 11 is 0. The molecule has 0 atom stereocenters. The molecule has 8 nitrogen and oxygen atoms in total. The van der Waals surface area contributed by atoms with Crippen LogP contribution in [0.3, 0.4) is 0 Å². The van der Waals surface area contributed by atoms with E-state index in [0.717, 1.165) is 28.8 Å². The van der Waals surface area contributed by atoms with E-state index in [4.69, 9.17) is 0 Å². The molecule has 1 aromatic heterocycles. The number of anilines is 1. The highest BCUT2D eigenvalue weighted by Crippen LogP contribution is 2.21. The number of benzene rings is 2. The Hall–Kier alpha value is -3.01. The Labute approximate surface area is 188 Å². The van der Waals surface area contributed by atoms with Crippen molar-refractivity contribution in [3.8, 4) is 17.0 Å². The third kappa shape index (κ3) is 5.82. The van der Waals surface area contributed by atoms with Gasteiger partial charge in [0.2, 0.25) is 16.0 Å². The van der Waals surface area contributed by atoms with E-state index in [1.54, 1.807) is 22.6 Å². The summed E-state index contributed by atoms with van der Waals surface area (Å²) in [6.07, 6.45) is 2.49. The molecule has 0 bridgehead atoms. The maximum absolute atomic E-state index is 12.5. The van der Waals surface area contributed by atoms with Crippen LogP contribution in [0.15, 0.2) is 60.8 Å². The van der Waals surface area contributed by atoms with E-state index in [2.05, 4.69) is 20.6 Å². The highest BCUT2D eigenvalue weighted by molar-refractivity contribution is 7.89. The summed E-state index contributed by atoms with van der Waals surface area (Å²) in [5.41, 5.74) is 3.72. The molecule has 3 N–H and O–H groups in total. The maximum Gasteiger partial charge on any atom is 0.223 e. The molecule has 1 fully saturated rings. The van der Waals surface area contributed by atoms with Gasteiger partial charge in [0.15, 0.2) is 0 Å². The molecular formula is C23H27N5O3S. The molecule has 4 rings (SSSR count). The molecule has 1 aliphatic rings. The predicted octanol–water partition coefficient (Wildman–Crippen LogP) is 2.24. The minimum atomic E-state index is -3.26. The number of rotatable bonds is 7. The van der Waals surface area contributed by atoms with Gasteiger partial charge in [-0.1, -0.05) is 30.3 Å². The number of nitrogens with one attached hydrogen (secondary N) is 2. The van der Waals surface area contributed by atoms with E-state index >= 15 is 0 Å². The van der Waals surface area contributed by atoms with Crippen LogP contribution in [0.25, 0.3) is 11.3 Å². The second kappa shape index (κ2) is 10.1. The lowest BCUT2D eigenvalue weighted by atomic mass is 10.1. The summed E-state index contributed by atoms with van der Waals surface area (Å²) in [5, 5.41) is 15.8. The lowest BCUT2D eigenvalue weighted by Gasteiger charge is -2.19. The quantitative estimate of drug-likeness (QED) is 0.504. The van der Waals surface area contributed by atoms with Crippen LogP contribution in [0.4, 0.5) is 5.95 Å². The molecule has 0 radical (unpaired) electrons. The minimum absolute atomic E-state index is 0.123. The molecule has 2 heterocycles. The number of aromatic nitrogens is 2. The zero-order valence-electron chi connectivity index (χ0n) is 17.7. The first-order chi connectivity index (χ1) is 15.5. The van der Waals surface area contributed by atoms with Crippen molar-refractivity contribution in [3.05, 3.63) is 71.9 Å². The fraction of sp³-hybridized carbons (Fsp3) is 0.304. The summed E-state index contributed by atoms with van der Waals surface area (Å²) in [6.45, 7) is 2.62. The lowest BCUT2D eigenvalue weighted by Crippen LogP contribution is -2.33. The van der Waals surface area contributed by atoms with Gasteiger partial charge < -0.3 is 15.7 Å². The molecule has 9 heteroatoms. The van der Waals surface area contributed by atoms with Crippen molar-refractivity contribution in [1.82, 2.24) is 19.6 Å². The van der Waals surface area contributed by atoms with Crippen molar-refractivity contribution in [2.45, 2.75) is 13.0 Å². The van der Waals surface area contributed by atoms with E-state index in [9.17, 15) is 13.5 Å². The predicted molar refractivity (Wildman–Crippen MR) is 125 cm³/mol. The monoisotopic (exact) mass is 453 g/mol. The molecule has 32 heavy (non-hydrogen) atoms. The van der Waals surface area contributed by atoms with Crippen molar-refractivity contribution in [3.63, 3.8) is 0 Å². The van der Waals surface area contributed by atoms with Gasteiger partial charge in [0, 0.05) is 44.5 Å². The average Bonchev–Trinajstić information content (AvgIpc) is 2.96. The van der Waals surface area contributed by atoms with Gasteiger partial charge in [0.1, 0.15) is 5.75 Å². The van der Waals surface area contributed by atoms with Crippen LogP contribution in [0.5, 0.6) is 5.75 Å². The normalized spacial score (nSPS) is 16.4. The molecule has 168 valence electrons. The molecular weight excluding hydrogens is 426 g/mol. The zero-order chi connectivity index (χ0) is 22.4. The highest BCUT2D eigenvalue weighted by Gasteiger charge is 2.24. The number of phenols is 1. The van der Waals surface area contributed by atoms with Crippen LogP contribution in [-0.4, -0.2) is 59.7 Å². The van der Waals surface area contributed by atoms with Gasteiger partial charge in [-0.25, -0.2) is 18.4 Å². The van der Waals surface area contributed by atoms with Gasteiger partial charge in [-0.2, -0.15) is 4.31 Å². The molecule has 2 aromatic carbocycles. The van der Waals surface area contributed by atoms with Gasteiger partial charge >= 0.3 is 0 Å². The van der Waals surface area contributed by atoms with E-state index in [1.165, 1.54) is 0 Å². The van der Waals surface area contributed by atoms with Crippen LogP contribution < -0.4 is 10.6 Å². The van der Waals surface area contributed by atoms with Crippen LogP contribution in [0, 0.1) is 0 Å². The first-order valence-electron chi connectivity index (χ1n) is 10.6. The Bertz CT molecular complexity index is 1150. The maximum atomic E-state index is 12.5. The van der Waals surface area contributed by atoms with Gasteiger partial charge in [-0.3, -0.25) is 0 Å². The number of hydrogen-bond donors (Lipinski definition) is 3. The van der Waals surface area contributed by atoms with Crippen molar-refractivity contribution >= 4 is 16.0 Å². The third-order valence-electron chi connectivity index (χ3n) is 5.34. The number of hydrogen-bond acceptors (Lipinski definition) is 7. The van der Waals surface area contributed by atoms with Crippen LogP contribution >= 0.6 is 0 Å². The lowest BCUT2D eigenvalue weighted by molar-refractivity contribution is 0.415. The van der Waals surface area contributed by atoms with E-state index in [0.29, 0.717) is 38.7 Å². The second-order valence-corrected chi connectivity index (χ2v) is 9.80. The van der Waals surface area contributed by atoms with Crippen molar-refractivity contribution < 1.29 is 13.5 Å². The molecule has 0 unspecified atom stereocenters. The summed E-state index contributed by atoms with van der Waals surface area (Å²) in [5.74, 6) is 0.913. The minimum Gasteiger partial charge on any atom is -0.508 e. The third-order valence-corrected chi connectivity index (χ3v) is 7.16. The first-order valence-corrected chi connectivity index (χ1v) is 12.2. The van der Waals surface area contributed by atoms with Crippen LogP contribution in [0.1, 0.15) is 11.1 Å². The van der Waals surface area contributed by atoms with Gasteiger partial charge in [-0.15, -0.1) is 0 Å². The fourth-order valence-electron chi connectivity index (χ4n) is 3.59. The Morgan fingerprint density at radius 2 is 1.91 bits per heavy atom. The van der Waals surface area contributed by atoms with Crippen LogP contribution in [-0.2, 0) is 23.0 Å². The van der Waals surface area contributed by atoms with E-state index < -0.39 is 10.0 Å². The first kappa shape index (κ1) is 22.2. The fourth-order valence-corrected chi connectivity index (χ4v) is 4.97. The molecule has 1 aliphatic heterocycles.